The van der Waals surface area contributed by atoms with E-state index in [0.29, 0.717) is 21.3 Å². The third-order valence-electron chi connectivity index (χ3n) is 1.96. The zero-order valence-electron chi connectivity index (χ0n) is 8.97. The molecule has 0 aliphatic heterocycles. The Kier molecular flexibility index (Phi) is 3.21. The highest BCUT2D eigenvalue weighted by Crippen LogP contribution is 2.25. The van der Waals surface area contributed by atoms with Gasteiger partial charge in [-0.15, -0.1) is 0 Å². The summed E-state index contributed by atoms with van der Waals surface area (Å²) in [6, 6.07) is 5.10. The molecule has 2 aromatic rings. The van der Waals surface area contributed by atoms with Crippen LogP contribution in [-0.4, -0.2) is 15.0 Å². The van der Waals surface area contributed by atoms with Crippen molar-refractivity contribution in [1.82, 2.24) is 15.0 Å². The number of rotatable bonds is 2. The van der Waals surface area contributed by atoms with Gasteiger partial charge in [-0.05, 0) is 24.8 Å². The second-order valence-corrected chi connectivity index (χ2v) is 4.31. The topological polar surface area (TPSA) is 82.4 Å². The first-order valence-corrected chi connectivity index (χ1v) is 5.60. The van der Waals surface area contributed by atoms with Gasteiger partial charge in [0.2, 0.25) is 0 Å². The van der Waals surface area contributed by atoms with Crippen LogP contribution in [0.1, 0.15) is 11.3 Å². The zero-order valence-corrected chi connectivity index (χ0v) is 9.78. The summed E-state index contributed by atoms with van der Waals surface area (Å²) in [4.78, 5) is 22.7. The summed E-state index contributed by atoms with van der Waals surface area (Å²) in [5.41, 5.74) is 0.940. The van der Waals surface area contributed by atoms with Gasteiger partial charge in [0, 0.05) is 24.2 Å². The van der Waals surface area contributed by atoms with Crippen LogP contribution in [0.5, 0.6) is 0 Å². The third-order valence-corrected chi connectivity index (χ3v) is 2.89. The van der Waals surface area contributed by atoms with Gasteiger partial charge in [-0.1, -0.05) is 0 Å². The number of H-pyrrole nitrogens is 1. The van der Waals surface area contributed by atoms with Crippen LogP contribution in [0, 0.1) is 18.3 Å². The molecule has 0 atom stereocenters. The molecule has 0 bridgehead atoms. The summed E-state index contributed by atoms with van der Waals surface area (Å²) < 4.78 is 0. The fourth-order valence-electron chi connectivity index (χ4n) is 1.26. The van der Waals surface area contributed by atoms with Crippen LogP contribution in [0.15, 0.2) is 39.4 Å². The molecule has 2 heterocycles. The Morgan fingerprint density at radius 2 is 2.35 bits per heavy atom. The van der Waals surface area contributed by atoms with Crippen molar-refractivity contribution in [3.8, 4) is 6.07 Å². The van der Waals surface area contributed by atoms with Gasteiger partial charge in [0.15, 0.2) is 5.16 Å². The minimum atomic E-state index is -0.206. The van der Waals surface area contributed by atoms with E-state index >= 15 is 0 Å². The maximum atomic E-state index is 11.3. The van der Waals surface area contributed by atoms with Gasteiger partial charge in [-0.2, -0.15) is 5.26 Å². The first-order chi connectivity index (χ1) is 8.19. The van der Waals surface area contributed by atoms with E-state index in [1.165, 1.54) is 17.8 Å². The molecule has 84 valence electrons. The summed E-state index contributed by atoms with van der Waals surface area (Å²) in [6.07, 6.45) is 3.13. The van der Waals surface area contributed by atoms with Crippen molar-refractivity contribution in [3.63, 3.8) is 0 Å². The van der Waals surface area contributed by atoms with Gasteiger partial charge >= 0.3 is 0 Å². The van der Waals surface area contributed by atoms with Crippen molar-refractivity contribution < 1.29 is 0 Å². The average Bonchev–Trinajstić information content (AvgIpc) is 2.28. The Morgan fingerprint density at radius 3 is 3.06 bits per heavy atom. The molecule has 0 saturated heterocycles. The molecule has 2 rings (SSSR count). The van der Waals surface area contributed by atoms with Gasteiger partial charge in [-0.3, -0.25) is 9.78 Å². The summed E-state index contributed by atoms with van der Waals surface area (Å²) >= 11 is 1.22. The van der Waals surface area contributed by atoms with E-state index in [1.807, 2.05) is 0 Å². The number of hydrogen-bond acceptors (Lipinski definition) is 5. The molecule has 0 fully saturated rings. The van der Waals surface area contributed by atoms with Crippen molar-refractivity contribution in [2.75, 3.05) is 0 Å². The Labute approximate surface area is 102 Å². The number of nitriles is 1. The molecule has 6 heteroatoms. The van der Waals surface area contributed by atoms with Crippen molar-refractivity contribution in [1.29, 1.82) is 5.26 Å². The molecule has 17 heavy (non-hydrogen) atoms. The molecule has 1 N–H and O–H groups in total. The zero-order chi connectivity index (χ0) is 12.3. The van der Waals surface area contributed by atoms with E-state index in [9.17, 15) is 4.79 Å². The van der Waals surface area contributed by atoms with Crippen molar-refractivity contribution in [3.05, 3.63) is 46.1 Å². The number of nitrogens with zero attached hydrogens (tertiary/aromatic N) is 3. The van der Waals surface area contributed by atoms with Crippen LogP contribution >= 0.6 is 11.8 Å². The lowest BCUT2D eigenvalue weighted by molar-refractivity contribution is 0.904. The van der Waals surface area contributed by atoms with Gasteiger partial charge < -0.3 is 4.98 Å². The Morgan fingerprint density at radius 1 is 1.53 bits per heavy atom. The van der Waals surface area contributed by atoms with Crippen LogP contribution in [0.2, 0.25) is 0 Å². The van der Waals surface area contributed by atoms with Crippen molar-refractivity contribution in [2.45, 2.75) is 17.0 Å². The van der Waals surface area contributed by atoms with E-state index < -0.39 is 0 Å². The molecule has 0 unspecified atom stereocenters. The predicted octanol–water partition coefficient (Wildman–Crippen LogP) is 1.50. The highest BCUT2D eigenvalue weighted by atomic mass is 32.2. The van der Waals surface area contributed by atoms with Crippen molar-refractivity contribution >= 4 is 11.8 Å². The summed E-state index contributed by atoms with van der Waals surface area (Å²) in [5.74, 6) is 0. The molecule has 0 aromatic carbocycles. The summed E-state index contributed by atoms with van der Waals surface area (Å²) in [5, 5.41) is 9.38. The summed E-state index contributed by atoms with van der Waals surface area (Å²) in [6.45, 7) is 1.74. The minimum absolute atomic E-state index is 0.206. The second-order valence-electron chi connectivity index (χ2n) is 3.28. The quantitative estimate of drug-likeness (QED) is 0.809. The fraction of sp³-hybridized carbons (Fsp3) is 0.0909. The van der Waals surface area contributed by atoms with Crippen LogP contribution in [-0.2, 0) is 0 Å². The number of aryl methyl sites for hydroxylation is 1. The summed E-state index contributed by atoms with van der Waals surface area (Å²) in [7, 11) is 0. The molecule has 5 nitrogen and oxygen atoms in total. The fourth-order valence-corrected chi connectivity index (χ4v) is 2.14. The normalized spacial score (nSPS) is 9.88. The molecule has 0 amide bonds. The predicted molar refractivity (Wildman–Crippen MR) is 62.7 cm³/mol. The van der Waals surface area contributed by atoms with Crippen molar-refractivity contribution in [2.24, 2.45) is 0 Å². The largest absolute Gasteiger partial charge is 0.301 e. The number of nitrogens with one attached hydrogen (secondary N) is 1. The van der Waals surface area contributed by atoms with Gasteiger partial charge in [0.05, 0.1) is 10.5 Å². The number of pyridine rings is 1. The Balaban J connectivity index is 2.38. The maximum Gasteiger partial charge on any atom is 0.251 e. The molecular formula is C11H8N4OS. The van der Waals surface area contributed by atoms with Crippen LogP contribution in [0.25, 0.3) is 0 Å². The maximum absolute atomic E-state index is 11.3. The second kappa shape index (κ2) is 4.80. The smallest absolute Gasteiger partial charge is 0.251 e. The van der Waals surface area contributed by atoms with E-state index in [1.54, 1.807) is 25.4 Å². The SMILES string of the molecule is Cc1cc(=O)[nH]c(Sc2cnccc2C#N)n1. The standard InChI is InChI=1S/C11H8N4OS/c1-7-4-10(16)15-11(14-7)17-9-6-13-3-2-8(9)5-12/h2-4,6H,1H3,(H,14,15,16). The van der Waals surface area contributed by atoms with E-state index in [0.717, 1.165) is 0 Å². The van der Waals surface area contributed by atoms with Crippen LogP contribution in [0.4, 0.5) is 0 Å². The molecule has 0 aliphatic carbocycles. The Hall–Kier alpha value is -2.13. The molecule has 2 aromatic heterocycles. The highest BCUT2D eigenvalue weighted by Gasteiger charge is 2.06. The lowest BCUT2D eigenvalue weighted by Gasteiger charge is -2.02. The van der Waals surface area contributed by atoms with E-state index in [4.69, 9.17) is 5.26 Å². The minimum Gasteiger partial charge on any atom is -0.301 e. The number of hydrogen-bond donors (Lipinski definition) is 1. The van der Waals surface area contributed by atoms with Gasteiger partial charge in [0.25, 0.3) is 5.56 Å². The van der Waals surface area contributed by atoms with E-state index in [2.05, 4.69) is 21.0 Å². The molecule has 0 saturated carbocycles. The highest BCUT2D eigenvalue weighted by molar-refractivity contribution is 7.99. The first-order valence-electron chi connectivity index (χ1n) is 4.79. The lowest BCUT2D eigenvalue weighted by atomic mass is 10.3. The molecule has 0 radical (unpaired) electrons. The van der Waals surface area contributed by atoms with Gasteiger partial charge in [-0.25, -0.2) is 4.98 Å². The lowest BCUT2D eigenvalue weighted by Crippen LogP contribution is -2.07. The van der Waals surface area contributed by atoms with E-state index in [-0.39, 0.29) is 5.56 Å². The molecular weight excluding hydrogens is 236 g/mol. The van der Waals surface area contributed by atoms with Gasteiger partial charge in [0.1, 0.15) is 6.07 Å². The first kappa shape index (κ1) is 11.4. The Bertz CT molecular complexity index is 644. The number of aromatic nitrogens is 3. The third kappa shape index (κ3) is 2.71. The molecule has 0 aliphatic rings. The van der Waals surface area contributed by atoms with Crippen LogP contribution < -0.4 is 5.56 Å². The average molecular weight is 244 g/mol. The molecule has 0 spiro atoms. The monoisotopic (exact) mass is 244 g/mol. The number of aromatic amines is 1. The van der Waals surface area contributed by atoms with Crippen LogP contribution in [0.3, 0.4) is 0 Å².